The third kappa shape index (κ3) is 6.47. The van der Waals surface area contributed by atoms with E-state index in [0.29, 0.717) is 0 Å². The first-order chi connectivity index (χ1) is 13.9. The lowest BCUT2D eigenvalue weighted by Crippen LogP contribution is -2.52. The summed E-state index contributed by atoms with van der Waals surface area (Å²) in [5, 5.41) is 6.88. The summed E-state index contributed by atoms with van der Waals surface area (Å²) in [5.41, 5.74) is 2.53. The summed E-state index contributed by atoms with van der Waals surface area (Å²) in [6, 6.07) is 8.29. The van der Waals surface area contributed by atoms with E-state index in [1.165, 1.54) is 16.4 Å². The number of ether oxygens (including phenoxy) is 1. The van der Waals surface area contributed by atoms with Crippen LogP contribution in [0.5, 0.6) is 5.75 Å². The number of hydrogen-bond acceptors (Lipinski definition) is 5. The number of benzene rings is 1. The molecule has 0 atom stereocenters. The number of guanidine groups is 1. The molecule has 0 saturated carbocycles. The molecule has 1 aromatic carbocycles. The van der Waals surface area contributed by atoms with Crippen molar-refractivity contribution < 1.29 is 4.74 Å². The van der Waals surface area contributed by atoms with Crippen molar-refractivity contribution in [2.75, 3.05) is 51.8 Å². The van der Waals surface area contributed by atoms with E-state index in [1.54, 1.807) is 18.4 Å². The van der Waals surface area contributed by atoms with Crippen molar-refractivity contribution in [3.63, 3.8) is 0 Å². The number of halogens is 1. The van der Waals surface area contributed by atoms with Crippen molar-refractivity contribution in [1.29, 1.82) is 0 Å². The van der Waals surface area contributed by atoms with Crippen LogP contribution in [0.4, 0.5) is 5.69 Å². The molecule has 1 aromatic heterocycles. The minimum atomic E-state index is 0. The van der Waals surface area contributed by atoms with Crippen LogP contribution in [-0.4, -0.2) is 62.7 Å². The number of nitrogens with one attached hydrogen (secondary N) is 1. The lowest BCUT2D eigenvalue weighted by molar-refractivity contribution is 0.373. The maximum atomic E-state index is 5.25. The Morgan fingerprint density at radius 1 is 1.17 bits per heavy atom. The molecule has 1 N–H and O–H groups in total. The molecule has 6 nitrogen and oxygen atoms in total. The highest BCUT2D eigenvalue weighted by atomic mass is 127. The first kappa shape index (κ1) is 24.7. The van der Waals surface area contributed by atoms with E-state index in [-0.39, 0.29) is 29.4 Å². The summed E-state index contributed by atoms with van der Waals surface area (Å²) < 4.78 is 5.25. The minimum absolute atomic E-state index is 0. The van der Waals surface area contributed by atoms with Gasteiger partial charge in [0.2, 0.25) is 0 Å². The number of nitrogens with zero attached hydrogens (tertiary/aromatic N) is 4. The van der Waals surface area contributed by atoms with Gasteiger partial charge in [0.1, 0.15) is 5.75 Å². The number of piperazine rings is 1. The third-order valence-electron chi connectivity index (χ3n) is 5.17. The van der Waals surface area contributed by atoms with Crippen molar-refractivity contribution in [1.82, 2.24) is 15.2 Å². The lowest BCUT2D eigenvalue weighted by Gasteiger charge is -2.37. The summed E-state index contributed by atoms with van der Waals surface area (Å²) in [5.74, 6) is 1.87. The molecule has 0 bridgehead atoms. The van der Waals surface area contributed by atoms with E-state index in [0.717, 1.165) is 50.9 Å². The number of rotatable bonds is 5. The minimum Gasteiger partial charge on any atom is -0.497 e. The molecule has 3 rings (SSSR count). The molecular formula is C22H34IN5OS. The zero-order valence-corrected chi connectivity index (χ0v) is 21.8. The molecule has 1 aliphatic heterocycles. The van der Waals surface area contributed by atoms with Crippen LogP contribution in [0, 0.1) is 0 Å². The summed E-state index contributed by atoms with van der Waals surface area (Å²) in [7, 11) is 3.56. The van der Waals surface area contributed by atoms with Gasteiger partial charge in [-0.25, -0.2) is 4.98 Å². The fraction of sp³-hybridized carbons (Fsp3) is 0.545. The highest BCUT2D eigenvalue weighted by Crippen LogP contribution is 2.24. The summed E-state index contributed by atoms with van der Waals surface area (Å²) in [4.78, 5) is 14.0. The molecule has 0 aliphatic carbocycles. The maximum Gasteiger partial charge on any atom is 0.193 e. The first-order valence-electron chi connectivity index (χ1n) is 10.2. The Morgan fingerprint density at radius 2 is 1.83 bits per heavy atom. The van der Waals surface area contributed by atoms with E-state index in [4.69, 9.17) is 9.72 Å². The Hall–Kier alpha value is -1.55. The second kappa shape index (κ2) is 11.2. The number of thiazole rings is 1. The topological polar surface area (TPSA) is 53.0 Å². The normalized spacial score (nSPS) is 15.0. The standard InChI is InChI=1S/C22H33N5OS.HI/c1-22(2,3)19-16-29-20(25-19)10-11-24-21(23-4)27-14-12-26(13-15-27)17-6-8-18(28-5)9-7-17;/h6-9,16H,10-15H2,1-5H3,(H,23,24);1H. The second-order valence-corrected chi connectivity index (χ2v) is 9.22. The maximum absolute atomic E-state index is 5.25. The van der Waals surface area contributed by atoms with E-state index in [9.17, 15) is 0 Å². The molecule has 1 fully saturated rings. The Bertz CT molecular complexity index is 808. The molecule has 1 aliphatic rings. The monoisotopic (exact) mass is 543 g/mol. The quantitative estimate of drug-likeness (QED) is 0.351. The number of aliphatic imine (C=N–C) groups is 1. The number of hydrogen-bond donors (Lipinski definition) is 1. The van der Waals surface area contributed by atoms with Crippen molar-refractivity contribution in [3.05, 3.63) is 40.3 Å². The van der Waals surface area contributed by atoms with E-state index in [1.807, 2.05) is 19.2 Å². The molecule has 0 unspecified atom stereocenters. The molecule has 166 valence electrons. The first-order valence-corrected chi connectivity index (χ1v) is 11.1. The summed E-state index contributed by atoms with van der Waals surface area (Å²) in [6.45, 7) is 11.3. The predicted octanol–water partition coefficient (Wildman–Crippen LogP) is 4.01. The van der Waals surface area contributed by atoms with Crippen LogP contribution in [0.1, 0.15) is 31.5 Å². The average molecular weight is 544 g/mol. The fourth-order valence-corrected chi connectivity index (χ4v) is 4.38. The summed E-state index contributed by atoms with van der Waals surface area (Å²) in [6.07, 6.45) is 0.922. The molecule has 2 aromatic rings. The lowest BCUT2D eigenvalue weighted by atomic mass is 9.93. The average Bonchev–Trinajstić information content (AvgIpc) is 3.21. The molecule has 0 amide bonds. The molecular weight excluding hydrogens is 509 g/mol. The van der Waals surface area contributed by atoms with E-state index < -0.39 is 0 Å². The highest BCUT2D eigenvalue weighted by Gasteiger charge is 2.20. The van der Waals surface area contributed by atoms with Gasteiger partial charge in [-0.2, -0.15) is 0 Å². The van der Waals surface area contributed by atoms with Crippen molar-refractivity contribution >= 4 is 47.0 Å². The predicted molar refractivity (Wildman–Crippen MR) is 138 cm³/mol. The van der Waals surface area contributed by atoms with Crippen LogP contribution in [0.15, 0.2) is 34.6 Å². The van der Waals surface area contributed by atoms with Crippen molar-refractivity contribution in [2.45, 2.75) is 32.6 Å². The van der Waals surface area contributed by atoms with E-state index in [2.05, 4.69) is 58.4 Å². The molecule has 2 heterocycles. The van der Waals surface area contributed by atoms with Gasteiger partial charge in [-0.1, -0.05) is 20.8 Å². The molecule has 1 saturated heterocycles. The van der Waals surface area contributed by atoms with Crippen LogP contribution in [0.2, 0.25) is 0 Å². The number of methoxy groups -OCH3 is 1. The van der Waals surface area contributed by atoms with Crippen LogP contribution in [0.3, 0.4) is 0 Å². The molecule has 0 radical (unpaired) electrons. The van der Waals surface area contributed by atoms with Crippen LogP contribution in [0.25, 0.3) is 0 Å². The van der Waals surface area contributed by atoms with E-state index >= 15 is 0 Å². The van der Waals surface area contributed by atoms with Crippen LogP contribution >= 0.6 is 35.3 Å². The Labute approximate surface area is 201 Å². The Morgan fingerprint density at radius 3 is 2.37 bits per heavy atom. The van der Waals surface area contributed by atoms with Gasteiger partial charge in [0.05, 0.1) is 17.8 Å². The zero-order valence-electron chi connectivity index (χ0n) is 18.6. The van der Waals surface area contributed by atoms with Gasteiger partial charge in [0.25, 0.3) is 0 Å². The SMILES string of the molecule is CN=C(NCCc1nc(C(C)(C)C)cs1)N1CCN(c2ccc(OC)cc2)CC1.I. The fourth-order valence-electron chi connectivity index (χ4n) is 3.35. The van der Waals surface area contributed by atoms with Gasteiger partial charge in [0, 0.05) is 62.7 Å². The van der Waals surface area contributed by atoms with Gasteiger partial charge in [0.15, 0.2) is 5.96 Å². The van der Waals surface area contributed by atoms with Crippen molar-refractivity contribution in [2.24, 2.45) is 4.99 Å². The summed E-state index contributed by atoms with van der Waals surface area (Å²) >= 11 is 1.75. The van der Waals surface area contributed by atoms with Gasteiger partial charge < -0.3 is 19.9 Å². The smallest absolute Gasteiger partial charge is 0.193 e. The highest BCUT2D eigenvalue weighted by molar-refractivity contribution is 14.0. The number of aromatic nitrogens is 1. The van der Waals surface area contributed by atoms with Crippen molar-refractivity contribution in [3.8, 4) is 5.75 Å². The van der Waals surface area contributed by atoms with Gasteiger partial charge in [-0.3, -0.25) is 4.99 Å². The van der Waals surface area contributed by atoms with Crippen LogP contribution < -0.4 is 15.0 Å². The van der Waals surface area contributed by atoms with Gasteiger partial charge >= 0.3 is 0 Å². The van der Waals surface area contributed by atoms with Crippen LogP contribution in [-0.2, 0) is 11.8 Å². The van der Waals surface area contributed by atoms with Gasteiger partial charge in [-0.05, 0) is 24.3 Å². The zero-order chi connectivity index (χ0) is 20.9. The molecule has 8 heteroatoms. The second-order valence-electron chi connectivity index (χ2n) is 8.27. The molecule has 30 heavy (non-hydrogen) atoms. The number of anilines is 1. The molecule has 0 spiro atoms. The van der Waals surface area contributed by atoms with Gasteiger partial charge in [-0.15, -0.1) is 35.3 Å². The Kier molecular flexibility index (Phi) is 9.21. The Balaban J connectivity index is 0.00000320. The third-order valence-corrected chi connectivity index (χ3v) is 6.08. The largest absolute Gasteiger partial charge is 0.497 e.